The zero-order chi connectivity index (χ0) is 15.9. The number of hydrogen-bond donors (Lipinski definition) is 0. The van der Waals surface area contributed by atoms with Crippen LogP contribution in [0.3, 0.4) is 0 Å². The van der Waals surface area contributed by atoms with Crippen LogP contribution in [-0.4, -0.2) is 11.5 Å². The van der Waals surface area contributed by atoms with Gasteiger partial charge in [0.25, 0.3) is 0 Å². The number of Topliss-reactive ketones (excluding diaryl/α,β-unsaturated/α-hetero) is 1. The van der Waals surface area contributed by atoms with Gasteiger partial charge in [-0.05, 0) is 36.4 Å². The Morgan fingerprint density at radius 1 is 1.05 bits per heavy atom. The highest BCUT2D eigenvalue weighted by molar-refractivity contribution is 7.99. The Labute approximate surface area is 146 Å². The molecule has 1 aliphatic heterocycles. The van der Waals surface area contributed by atoms with Gasteiger partial charge in [-0.15, -0.1) is 11.8 Å². The van der Waals surface area contributed by atoms with E-state index in [0.29, 0.717) is 32.5 Å². The van der Waals surface area contributed by atoms with E-state index in [2.05, 4.69) is 0 Å². The second kappa shape index (κ2) is 6.25. The molecule has 6 heteroatoms. The lowest BCUT2D eigenvalue weighted by molar-refractivity contribution is 0.103. The third-order valence-electron chi connectivity index (χ3n) is 3.21. The van der Waals surface area contributed by atoms with Gasteiger partial charge in [0.1, 0.15) is 5.82 Å². The normalized spacial score (nSPS) is 14.0. The maximum atomic E-state index is 13.4. The van der Waals surface area contributed by atoms with Crippen LogP contribution in [0, 0.1) is 5.82 Å². The average molecular weight is 374 g/mol. The molecule has 0 aliphatic carbocycles. The molecule has 0 aromatic heterocycles. The lowest BCUT2D eigenvalue weighted by Gasteiger charge is -2.18. The van der Waals surface area contributed by atoms with Gasteiger partial charge < -0.3 is 0 Å². The summed E-state index contributed by atoms with van der Waals surface area (Å²) in [6.45, 7) is 0. The molecule has 0 saturated heterocycles. The van der Waals surface area contributed by atoms with Crippen molar-refractivity contribution in [1.29, 1.82) is 0 Å². The van der Waals surface area contributed by atoms with Crippen LogP contribution in [-0.2, 0) is 0 Å². The van der Waals surface area contributed by atoms with Crippen molar-refractivity contribution in [2.75, 3.05) is 5.75 Å². The van der Waals surface area contributed by atoms with Gasteiger partial charge in [0.05, 0.1) is 5.03 Å². The second-order valence-electron chi connectivity index (χ2n) is 4.71. The molecular weight excluding hydrogens is 366 g/mol. The number of carbonyl (C=O) groups excluding carboxylic acids is 1. The van der Waals surface area contributed by atoms with Crippen LogP contribution >= 0.6 is 46.6 Å². The van der Waals surface area contributed by atoms with Gasteiger partial charge in [0.2, 0.25) is 0 Å². The molecule has 22 heavy (non-hydrogen) atoms. The Morgan fingerprint density at radius 3 is 2.41 bits per heavy atom. The molecule has 1 nitrogen and oxygen atoms in total. The summed E-state index contributed by atoms with van der Waals surface area (Å²) in [4.78, 5) is 13.5. The van der Waals surface area contributed by atoms with Crippen molar-refractivity contribution in [3.8, 4) is 0 Å². The summed E-state index contributed by atoms with van der Waals surface area (Å²) in [7, 11) is 0. The van der Waals surface area contributed by atoms with Crippen molar-refractivity contribution in [3.63, 3.8) is 0 Å². The Kier molecular flexibility index (Phi) is 4.51. The Bertz CT molecular complexity index is 797. The highest BCUT2D eigenvalue weighted by Crippen LogP contribution is 2.40. The molecule has 0 amide bonds. The van der Waals surface area contributed by atoms with Crippen LogP contribution in [0.25, 0.3) is 5.03 Å². The summed E-state index contributed by atoms with van der Waals surface area (Å²) >= 11 is 19.6. The van der Waals surface area contributed by atoms with E-state index in [1.807, 2.05) is 0 Å². The summed E-state index contributed by atoms with van der Waals surface area (Å²) < 4.78 is 13.4. The number of hydrogen-bond acceptors (Lipinski definition) is 2. The van der Waals surface area contributed by atoms with Crippen molar-refractivity contribution in [2.24, 2.45) is 0 Å². The quantitative estimate of drug-likeness (QED) is 0.594. The predicted octanol–water partition coefficient (Wildman–Crippen LogP) is 6.07. The molecular formula is C16H8Cl3FOS. The first kappa shape index (κ1) is 15.9. The van der Waals surface area contributed by atoms with E-state index in [4.69, 9.17) is 34.8 Å². The summed E-state index contributed by atoms with van der Waals surface area (Å²) in [5.74, 6) is -0.228. The third-order valence-corrected chi connectivity index (χ3v) is 5.18. The minimum absolute atomic E-state index is 0.253. The molecule has 0 unspecified atom stereocenters. The number of ketones is 1. The number of carbonyl (C=O) groups is 1. The van der Waals surface area contributed by atoms with Gasteiger partial charge in [-0.2, -0.15) is 0 Å². The van der Waals surface area contributed by atoms with Gasteiger partial charge >= 0.3 is 0 Å². The molecule has 1 heterocycles. The molecule has 0 radical (unpaired) electrons. The highest BCUT2D eigenvalue weighted by atomic mass is 35.5. The molecule has 1 aliphatic rings. The Hall–Kier alpha value is -1.000. The number of rotatable bonds is 2. The molecule has 2 aromatic rings. The van der Waals surface area contributed by atoms with Crippen LogP contribution in [0.2, 0.25) is 10.0 Å². The van der Waals surface area contributed by atoms with Gasteiger partial charge in [0.15, 0.2) is 5.78 Å². The standard InChI is InChI=1S/C16H8Cl3FOS/c17-9-3-8(4-10(18)5-9)16(21)13-7-22-14-2-1-11(20)6-12(14)15(13)19/h1-6H,7H2. The molecule has 2 aromatic carbocycles. The van der Waals surface area contributed by atoms with Gasteiger partial charge in [0, 0.05) is 37.4 Å². The zero-order valence-corrected chi connectivity index (χ0v) is 14.1. The lowest BCUT2D eigenvalue weighted by atomic mass is 10.0. The van der Waals surface area contributed by atoms with Crippen LogP contribution in [0.5, 0.6) is 0 Å². The summed E-state index contributed by atoms with van der Waals surface area (Å²) in [5, 5.41) is 1.03. The average Bonchev–Trinajstić information content (AvgIpc) is 2.46. The first-order valence-electron chi connectivity index (χ1n) is 6.28. The first-order chi connectivity index (χ1) is 10.5. The fourth-order valence-electron chi connectivity index (χ4n) is 2.20. The molecule has 0 fully saturated rings. The smallest absolute Gasteiger partial charge is 0.191 e. The number of benzene rings is 2. The topological polar surface area (TPSA) is 17.1 Å². The van der Waals surface area contributed by atoms with Gasteiger partial charge in [-0.3, -0.25) is 4.79 Å². The van der Waals surface area contributed by atoms with E-state index in [1.165, 1.54) is 23.9 Å². The SMILES string of the molecule is O=C(C1=C(Cl)c2cc(F)ccc2SC1)c1cc(Cl)cc(Cl)c1. The fraction of sp³-hybridized carbons (Fsp3) is 0.0625. The summed E-state index contributed by atoms with van der Waals surface area (Å²) in [6, 6.07) is 9.00. The van der Waals surface area contributed by atoms with Gasteiger partial charge in [-0.1, -0.05) is 34.8 Å². The van der Waals surface area contributed by atoms with E-state index in [9.17, 15) is 9.18 Å². The van der Waals surface area contributed by atoms with Crippen LogP contribution in [0.15, 0.2) is 46.9 Å². The monoisotopic (exact) mass is 372 g/mol. The van der Waals surface area contributed by atoms with E-state index in [-0.39, 0.29) is 10.8 Å². The van der Waals surface area contributed by atoms with Crippen molar-refractivity contribution in [3.05, 3.63) is 69.0 Å². The van der Waals surface area contributed by atoms with Crippen molar-refractivity contribution < 1.29 is 9.18 Å². The lowest BCUT2D eigenvalue weighted by Crippen LogP contribution is -2.11. The fourth-order valence-corrected chi connectivity index (χ4v) is 4.23. The zero-order valence-electron chi connectivity index (χ0n) is 11.0. The van der Waals surface area contributed by atoms with E-state index >= 15 is 0 Å². The molecule has 0 atom stereocenters. The molecule has 0 spiro atoms. The molecule has 0 bridgehead atoms. The van der Waals surface area contributed by atoms with Crippen molar-refractivity contribution in [1.82, 2.24) is 0 Å². The second-order valence-corrected chi connectivity index (χ2v) is 6.98. The first-order valence-corrected chi connectivity index (χ1v) is 8.40. The van der Waals surface area contributed by atoms with Crippen LogP contribution < -0.4 is 0 Å². The van der Waals surface area contributed by atoms with Crippen molar-refractivity contribution in [2.45, 2.75) is 4.90 Å². The van der Waals surface area contributed by atoms with E-state index in [0.717, 1.165) is 4.90 Å². The van der Waals surface area contributed by atoms with E-state index in [1.54, 1.807) is 24.3 Å². The highest BCUT2D eigenvalue weighted by Gasteiger charge is 2.24. The largest absolute Gasteiger partial charge is 0.289 e. The Balaban J connectivity index is 2.07. The molecule has 0 saturated carbocycles. The molecule has 112 valence electrons. The summed E-state index contributed by atoms with van der Waals surface area (Å²) in [5.41, 5.74) is 1.32. The molecule has 3 rings (SSSR count). The van der Waals surface area contributed by atoms with E-state index < -0.39 is 5.82 Å². The number of fused-ring (bicyclic) bond motifs is 1. The minimum Gasteiger partial charge on any atom is -0.289 e. The summed E-state index contributed by atoms with van der Waals surface area (Å²) in [6.07, 6.45) is 0. The maximum absolute atomic E-state index is 13.4. The minimum atomic E-state index is -0.392. The number of thioether (sulfide) groups is 1. The molecule has 0 N–H and O–H groups in total. The third kappa shape index (κ3) is 3.04. The predicted molar refractivity (Wildman–Crippen MR) is 90.7 cm³/mol. The van der Waals surface area contributed by atoms with Gasteiger partial charge in [-0.25, -0.2) is 4.39 Å². The van der Waals surface area contributed by atoms with Crippen LogP contribution in [0.4, 0.5) is 4.39 Å². The Morgan fingerprint density at radius 2 is 1.73 bits per heavy atom. The van der Waals surface area contributed by atoms with Crippen molar-refractivity contribution >= 4 is 57.4 Å². The number of halogens is 4. The van der Waals surface area contributed by atoms with Crippen LogP contribution in [0.1, 0.15) is 15.9 Å². The maximum Gasteiger partial charge on any atom is 0.191 e.